The van der Waals surface area contributed by atoms with Crippen LogP contribution in [-0.4, -0.2) is 36.5 Å². The monoisotopic (exact) mass is 454 g/mol. The Morgan fingerprint density at radius 1 is 1.10 bits per heavy atom. The van der Waals surface area contributed by atoms with Crippen molar-refractivity contribution in [3.63, 3.8) is 0 Å². The van der Waals surface area contributed by atoms with E-state index < -0.39 is 6.04 Å². The van der Waals surface area contributed by atoms with E-state index in [2.05, 4.69) is 10.6 Å². The Morgan fingerprint density at radius 3 is 2.48 bits per heavy atom. The molecule has 2 aromatic carbocycles. The molecule has 5 nitrogen and oxygen atoms in total. The summed E-state index contributed by atoms with van der Waals surface area (Å²) >= 11 is 13.8. The molecular weight excluding hydrogens is 431 g/mol. The lowest BCUT2D eigenvalue weighted by Gasteiger charge is -2.22. The first-order valence-electron chi connectivity index (χ1n) is 9.12. The molecule has 0 aliphatic heterocycles. The number of carbonyl (C=O) groups is 2. The first-order valence-corrected chi connectivity index (χ1v) is 11.3. The molecule has 0 aromatic heterocycles. The number of carbonyl (C=O) groups excluding carboxylic acids is 2. The van der Waals surface area contributed by atoms with Gasteiger partial charge in [0.1, 0.15) is 11.8 Å². The summed E-state index contributed by atoms with van der Waals surface area (Å²) in [4.78, 5) is 25.1. The summed E-state index contributed by atoms with van der Waals surface area (Å²) in [5, 5.41) is 6.68. The van der Waals surface area contributed by atoms with E-state index in [1.54, 1.807) is 42.1 Å². The molecule has 8 heteroatoms. The first-order chi connectivity index (χ1) is 13.9. The van der Waals surface area contributed by atoms with Crippen LogP contribution in [0.3, 0.4) is 0 Å². The van der Waals surface area contributed by atoms with Crippen LogP contribution in [0.25, 0.3) is 0 Å². The van der Waals surface area contributed by atoms with Crippen LogP contribution in [0.5, 0.6) is 5.75 Å². The summed E-state index contributed by atoms with van der Waals surface area (Å²) in [5.41, 5.74) is 0.756. The Morgan fingerprint density at radius 2 is 1.83 bits per heavy atom. The molecule has 0 heterocycles. The minimum absolute atomic E-state index is 0.161. The fourth-order valence-electron chi connectivity index (χ4n) is 2.65. The average Bonchev–Trinajstić information content (AvgIpc) is 2.70. The summed E-state index contributed by atoms with van der Waals surface area (Å²) in [5.74, 6) is 0.699. The van der Waals surface area contributed by atoms with Crippen molar-refractivity contribution in [2.45, 2.75) is 25.4 Å². The van der Waals surface area contributed by atoms with Gasteiger partial charge in [0, 0.05) is 10.0 Å². The number of para-hydroxylation sites is 1. The van der Waals surface area contributed by atoms with E-state index >= 15 is 0 Å². The van der Waals surface area contributed by atoms with Gasteiger partial charge < -0.3 is 15.4 Å². The molecule has 0 aliphatic carbocycles. The molecule has 2 N–H and O–H groups in total. The van der Waals surface area contributed by atoms with Crippen LogP contribution in [0.15, 0.2) is 48.5 Å². The number of hydrogen-bond acceptors (Lipinski definition) is 4. The molecule has 2 aromatic rings. The number of amides is 2. The molecule has 156 valence electrons. The largest absolute Gasteiger partial charge is 0.484 e. The Kier molecular flexibility index (Phi) is 9.64. The van der Waals surface area contributed by atoms with Crippen molar-refractivity contribution in [1.29, 1.82) is 0 Å². The SMILES string of the molecule is CSCCC(NC(=O)COc1ccccc1)C(=O)NC(C)c1ccc(Cl)cc1Cl. The van der Waals surface area contributed by atoms with Crippen LogP contribution in [0.1, 0.15) is 24.9 Å². The summed E-state index contributed by atoms with van der Waals surface area (Å²) < 4.78 is 5.45. The average molecular weight is 455 g/mol. The lowest BCUT2D eigenvalue weighted by Crippen LogP contribution is -2.48. The van der Waals surface area contributed by atoms with E-state index in [0.717, 1.165) is 11.3 Å². The molecule has 2 rings (SSSR count). The van der Waals surface area contributed by atoms with Crippen molar-refractivity contribution >= 4 is 46.8 Å². The van der Waals surface area contributed by atoms with E-state index in [1.165, 1.54) is 0 Å². The third-order valence-electron chi connectivity index (χ3n) is 4.16. The van der Waals surface area contributed by atoms with Crippen LogP contribution in [0.4, 0.5) is 0 Å². The predicted molar refractivity (Wildman–Crippen MR) is 120 cm³/mol. The van der Waals surface area contributed by atoms with Gasteiger partial charge in [0.2, 0.25) is 5.91 Å². The quantitative estimate of drug-likeness (QED) is 0.554. The number of hydrogen-bond donors (Lipinski definition) is 2. The van der Waals surface area contributed by atoms with Crippen molar-refractivity contribution in [1.82, 2.24) is 10.6 Å². The Balaban J connectivity index is 1.96. The summed E-state index contributed by atoms with van der Waals surface area (Å²) in [7, 11) is 0. The fraction of sp³-hybridized carbons (Fsp3) is 0.333. The van der Waals surface area contributed by atoms with Gasteiger partial charge in [-0.15, -0.1) is 0 Å². The maximum atomic E-state index is 12.8. The zero-order valence-electron chi connectivity index (χ0n) is 16.3. The molecule has 0 spiro atoms. The summed E-state index contributed by atoms with van der Waals surface area (Å²) in [6.07, 6.45) is 2.45. The number of rotatable bonds is 10. The number of benzene rings is 2. The molecule has 2 atom stereocenters. The van der Waals surface area contributed by atoms with Crippen molar-refractivity contribution in [2.75, 3.05) is 18.6 Å². The normalized spacial score (nSPS) is 12.7. The highest BCUT2D eigenvalue weighted by molar-refractivity contribution is 7.98. The van der Waals surface area contributed by atoms with Gasteiger partial charge in [0.15, 0.2) is 6.61 Å². The third-order valence-corrected chi connectivity index (χ3v) is 5.37. The highest BCUT2D eigenvalue weighted by Crippen LogP contribution is 2.26. The van der Waals surface area contributed by atoms with E-state index in [-0.39, 0.29) is 24.5 Å². The molecule has 0 saturated carbocycles. The smallest absolute Gasteiger partial charge is 0.258 e. The fourth-order valence-corrected chi connectivity index (χ4v) is 3.69. The second kappa shape index (κ2) is 12.0. The van der Waals surface area contributed by atoms with Crippen molar-refractivity contribution < 1.29 is 14.3 Å². The lowest BCUT2D eigenvalue weighted by atomic mass is 10.1. The second-order valence-electron chi connectivity index (χ2n) is 6.40. The zero-order chi connectivity index (χ0) is 21.2. The highest BCUT2D eigenvalue weighted by atomic mass is 35.5. The van der Waals surface area contributed by atoms with Crippen molar-refractivity contribution in [3.05, 3.63) is 64.1 Å². The lowest BCUT2D eigenvalue weighted by molar-refractivity contribution is -0.130. The van der Waals surface area contributed by atoms with Crippen LogP contribution >= 0.6 is 35.0 Å². The third kappa shape index (κ3) is 7.80. The van der Waals surface area contributed by atoms with Gasteiger partial charge in [-0.3, -0.25) is 9.59 Å². The standard InChI is InChI=1S/C21H24Cl2N2O3S/c1-14(17-9-8-15(22)12-18(17)23)24-21(27)19(10-11-29-2)25-20(26)13-28-16-6-4-3-5-7-16/h3-9,12,14,19H,10-11,13H2,1-2H3,(H,24,27)(H,25,26). The van der Waals surface area contributed by atoms with Gasteiger partial charge in [-0.05, 0) is 55.2 Å². The molecule has 0 aliphatic rings. The van der Waals surface area contributed by atoms with E-state index in [1.807, 2.05) is 31.4 Å². The second-order valence-corrected chi connectivity index (χ2v) is 8.23. The number of nitrogens with one attached hydrogen (secondary N) is 2. The Hall–Kier alpha value is -1.89. The highest BCUT2D eigenvalue weighted by Gasteiger charge is 2.23. The van der Waals surface area contributed by atoms with Crippen LogP contribution in [0.2, 0.25) is 10.0 Å². The van der Waals surface area contributed by atoms with Gasteiger partial charge in [-0.25, -0.2) is 0 Å². The molecule has 2 unspecified atom stereocenters. The number of ether oxygens (including phenoxy) is 1. The predicted octanol–water partition coefficient (Wildman–Crippen LogP) is 4.49. The molecular formula is C21H24Cl2N2O3S. The molecule has 0 fully saturated rings. The minimum atomic E-state index is -0.664. The topological polar surface area (TPSA) is 67.4 Å². The van der Waals surface area contributed by atoms with Crippen molar-refractivity contribution in [3.8, 4) is 5.75 Å². The molecule has 0 bridgehead atoms. The van der Waals surface area contributed by atoms with Crippen LogP contribution < -0.4 is 15.4 Å². The van der Waals surface area contributed by atoms with E-state index in [9.17, 15) is 9.59 Å². The first kappa shape index (κ1) is 23.4. The maximum Gasteiger partial charge on any atom is 0.258 e. The minimum Gasteiger partial charge on any atom is -0.484 e. The summed E-state index contributed by atoms with van der Waals surface area (Å²) in [6.45, 7) is 1.67. The van der Waals surface area contributed by atoms with Crippen LogP contribution in [-0.2, 0) is 9.59 Å². The van der Waals surface area contributed by atoms with Gasteiger partial charge in [-0.1, -0.05) is 47.5 Å². The van der Waals surface area contributed by atoms with Gasteiger partial charge in [0.05, 0.1) is 6.04 Å². The van der Waals surface area contributed by atoms with Crippen LogP contribution in [0, 0.1) is 0 Å². The maximum absolute atomic E-state index is 12.8. The van der Waals surface area contributed by atoms with E-state index in [0.29, 0.717) is 22.2 Å². The molecule has 2 amide bonds. The summed E-state index contributed by atoms with van der Waals surface area (Å²) in [6, 6.07) is 13.2. The zero-order valence-corrected chi connectivity index (χ0v) is 18.6. The molecule has 0 radical (unpaired) electrons. The van der Waals surface area contributed by atoms with E-state index in [4.69, 9.17) is 27.9 Å². The van der Waals surface area contributed by atoms with Crippen molar-refractivity contribution in [2.24, 2.45) is 0 Å². The number of halogens is 2. The number of thioether (sulfide) groups is 1. The Bertz CT molecular complexity index is 821. The van der Waals surface area contributed by atoms with Gasteiger partial charge in [-0.2, -0.15) is 11.8 Å². The van der Waals surface area contributed by atoms with Gasteiger partial charge >= 0.3 is 0 Å². The molecule has 0 saturated heterocycles. The van der Waals surface area contributed by atoms with Gasteiger partial charge in [0.25, 0.3) is 5.91 Å². The molecule has 29 heavy (non-hydrogen) atoms. The Labute approximate surface area is 185 Å².